The molecule has 2 aliphatic heterocycles. The fourth-order valence-corrected chi connectivity index (χ4v) is 3.41. The van der Waals surface area contributed by atoms with Crippen molar-refractivity contribution in [3.05, 3.63) is 53.6 Å². The summed E-state index contributed by atoms with van der Waals surface area (Å²) in [7, 11) is 1.72. The lowest BCUT2D eigenvalue weighted by molar-refractivity contribution is 0.414. The molecule has 0 saturated carbocycles. The van der Waals surface area contributed by atoms with Crippen LogP contribution in [0.1, 0.15) is 17.0 Å². The third-order valence-electron chi connectivity index (χ3n) is 4.45. The Balaban J connectivity index is 1.61. The molecular weight excluding hydrogens is 248 g/mol. The van der Waals surface area contributed by atoms with Gasteiger partial charge >= 0.3 is 0 Å². The molecule has 4 rings (SSSR count). The predicted octanol–water partition coefficient (Wildman–Crippen LogP) is 3.24. The van der Waals surface area contributed by atoms with Crippen LogP contribution in [0.3, 0.4) is 0 Å². The van der Waals surface area contributed by atoms with E-state index in [0.717, 1.165) is 18.7 Å². The summed E-state index contributed by atoms with van der Waals surface area (Å²) < 4.78 is 5.32. The molecule has 0 radical (unpaired) electrons. The Labute approximate surface area is 119 Å². The van der Waals surface area contributed by atoms with Crippen LogP contribution in [0.2, 0.25) is 0 Å². The van der Waals surface area contributed by atoms with Gasteiger partial charge in [0.1, 0.15) is 5.75 Å². The van der Waals surface area contributed by atoms with Gasteiger partial charge in [-0.1, -0.05) is 18.2 Å². The standard InChI is InChI=1S/C17H18N2O/c1-20-12-6-7-15-11(8-12)9-17(19-15)14-10-18-16-5-3-2-4-13(14)16/h2-8,14,17-19H,9-10H2,1H3. The Morgan fingerprint density at radius 1 is 1.10 bits per heavy atom. The van der Waals surface area contributed by atoms with Crippen LogP contribution in [0.15, 0.2) is 42.5 Å². The normalized spacial score (nSPS) is 22.6. The lowest BCUT2D eigenvalue weighted by Crippen LogP contribution is -2.26. The molecule has 2 N–H and O–H groups in total. The zero-order valence-corrected chi connectivity index (χ0v) is 11.5. The number of hydrogen-bond donors (Lipinski definition) is 2. The van der Waals surface area contributed by atoms with Gasteiger partial charge in [-0.15, -0.1) is 0 Å². The van der Waals surface area contributed by atoms with E-state index in [0.29, 0.717) is 12.0 Å². The van der Waals surface area contributed by atoms with E-state index in [1.165, 1.54) is 22.5 Å². The maximum absolute atomic E-state index is 5.32. The molecule has 0 aliphatic carbocycles. The van der Waals surface area contributed by atoms with Gasteiger partial charge in [0.05, 0.1) is 7.11 Å². The molecule has 3 heteroatoms. The first-order valence-electron chi connectivity index (χ1n) is 7.11. The molecule has 0 aromatic heterocycles. The summed E-state index contributed by atoms with van der Waals surface area (Å²) in [4.78, 5) is 0. The van der Waals surface area contributed by atoms with Gasteiger partial charge < -0.3 is 15.4 Å². The van der Waals surface area contributed by atoms with Crippen molar-refractivity contribution in [1.29, 1.82) is 0 Å². The summed E-state index contributed by atoms with van der Waals surface area (Å²) in [5.41, 5.74) is 5.33. The van der Waals surface area contributed by atoms with Crippen LogP contribution >= 0.6 is 0 Å². The zero-order valence-electron chi connectivity index (χ0n) is 11.5. The quantitative estimate of drug-likeness (QED) is 0.875. The average molecular weight is 266 g/mol. The van der Waals surface area contributed by atoms with Crippen molar-refractivity contribution < 1.29 is 4.74 Å². The highest BCUT2D eigenvalue weighted by Crippen LogP contribution is 2.40. The molecule has 0 amide bonds. The summed E-state index contributed by atoms with van der Waals surface area (Å²) in [5, 5.41) is 7.18. The minimum atomic E-state index is 0.466. The highest BCUT2D eigenvalue weighted by molar-refractivity contribution is 5.63. The van der Waals surface area contributed by atoms with Gasteiger partial charge in [0.25, 0.3) is 0 Å². The van der Waals surface area contributed by atoms with E-state index in [1.807, 2.05) is 6.07 Å². The molecule has 0 saturated heterocycles. The van der Waals surface area contributed by atoms with Crippen LogP contribution in [-0.2, 0) is 6.42 Å². The second kappa shape index (κ2) is 4.44. The lowest BCUT2D eigenvalue weighted by Gasteiger charge is -2.19. The van der Waals surface area contributed by atoms with Crippen molar-refractivity contribution >= 4 is 11.4 Å². The Kier molecular flexibility index (Phi) is 2.59. The molecule has 2 aromatic carbocycles. The van der Waals surface area contributed by atoms with E-state index >= 15 is 0 Å². The summed E-state index contributed by atoms with van der Waals surface area (Å²) >= 11 is 0. The van der Waals surface area contributed by atoms with Crippen LogP contribution in [0.4, 0.5) is 11.4 Å². The third kappa shape index (κ3) is 1.73. The Bertz CT molecular complexity index is 653. The Morgan fingerprint density at radius 3 is 2.90 bits per heavy atom. The molecular formula is C17H18N2O. The highest BCUT2D eigenvalue weighted by atomic mass is 16.5. The van der Waals surface area contributed by atoms with Gasteiger partial charge in [0.15, 0.2) is 0 Å². The molecule has 0 spiro atoms. The first kappa shape index (κ1) is 11.6. The Morgan fingerprint density at radius 2 is 2.00 bits per heavy atom. The summed E-state index contributed by atoms with van der Waals surface area (Å²) in [5.74, 6) is 1.47. The van der Waals surface area contributed by atoms with Crippen LogP contribution in [0, 0.1) is 0 Å². The van der Waals surface area contributed by atoms with E-state index < -0.39 is 0 Å². The zero-order chi connectivity index (χ0) is 13.5. The smallest absolute Gasteiger partial charge is 0.119 e. The number of hydrogen-bond acceptors (Lipinski definition) is 3. The van der Waals surface area contributed by atoms with Crippen LogP contribution in [-0.4, -0.2) is 19.7 Å². The van der Waals surface area contributed by atoms with Crippen molar-refractivity contribution in [2.75, 3.05) is 24.3 Å². The van der Waals surface area contributed by atoms with Gasteiger partial charge in [0, 0.05) is 29.9 Å². The number of anilines is 2. The molecule has 3 nitrogen and oxygen atoms in total. The predicted molar refractivity (Wildman–Crippen MR) is 81.8 cm³/mol. The minimum absolute atomic E-state index is 0.466. The van der Waals surface area contributed by atoms with E-state index in [-0.39, 0.29) is 0 Å². The van der Waals surface area contributed by atoms with E-state index in [9.17, 15) is 0 Å². The fourth-order valence-electron chi connectivity index (χ4n) is 3.41. The molecule has 0 fully saturated rings. The van der Waals surface area contributed by atoms with Gasteiger partial charge in [-0.25, -0.2) is 0 Å². The maximum Gasteiger partial charge on any atom is 0.119 e. The van der Waals surface area contributed by atoms with Gasteiger partial charge in [-0.3, -0.25) is 0 Å². The number of methoxy groups -OCH3 is 1. The SMILES string of the molecule is COc1ccc2c(c1)CC(C1CNc3ccccc31)N2. The third-order valence-corrected chi connectivity index (χ3v) is 4.45. The van der Waals surface area contributed by atoms with Crippen molar-refractivity contribution in [3.8, 4) is 5.75 Å². The van der Waals surface area contributed by atoms with E-state index in [2.05, 4.69) is 47.0 Å². The van der Waals surface area contributed by atoms with Crippen molar-refractivity contribution in [3.63, 3.8) is 0 Å². The first-order valence-corrected chi connectivity index (χ1v) is 7.11. The number of rotatable bonds is 2. The monoisotopic (exact) mass is 266 g/mol. The van der Waals surface area contributed by atoms with Crippen molar-refractivity contribution in [1.82, 2.24) is 0 Å². The number of benzene rings is 2. The molecule has 2 heterocycles. The van der Waals surface area contributed by atoms with E-state index in [1.54, 1.807) is 7.11 Å². The highest BCUT2D eigenvalue weighted by Gasteiger charge is 2.33. The number of nitrogens with one attached hydrogen (secondary N) is 2. The number of ether oxygens (including phenoxy) is 1. The minimum Gasteiger partial charge on any atom is -0.497 e. The molecule has 2 atom stereocenters. The molecule has 0 bridgehead atoms. The number of fused-ring (bicyclic) bond motifs is 2. The van der Waals surface area contributed by atoms with Gasteiger partial charge in [0.2, 0.25) is 0 Å². The molecule has 2 aliphatic rings. The van der Waals surface area contributed by atoms with E-state index in [4.69, 9.17) is 4.74 Å². The fraction of sp³-hybridized carbons (Fsp3) is 0.294. The van der Waals surface area contributed by atoms with Gasteiger partial charge in [-0.05, 0) is 41.8 Å². The van der Waals surface area contributed by atoms with Crippen molar-refractivity contribution in [2.45, 2.75) is 18.4 Å². The largest absolute Gasteiger partial charge is 0.497 e. The molecule has 102 valence electrons. The summed E-state index contributed by atoms with van der Waals surface area (Å²) in [6, 6.07) is 15.4. The summed E-state index contributed by atoms with van der Waals surface area (Å²) in [6.45, 7) is 1.02. The summed E-state index contributed by atoms with van der Waals surface area (Å²) in [6.07, 6.45) is 1.06. The Hall–Kier alpha value is -2.16. The van der Waals surface area contributed by atoms with Crippen LogP contribution < -0.4 is 15.4 Å². The van der Waals surface area contributed by atoms with Gasteiger partial charge in [-0.2, -0.15) is 0 Å². The molecule has 20 heavy (non-hydrogen) atoms. The van der Waals surface area contributed by atoms with Crippen molar-refractivity contribution in [2.24, 2.45) is 0 Å². The average Bonchev–Trinajstić information content (AvgIpc) is 3.09. The molecule has 2 aromatic rings. The topological polar surface area (TPSA) is 33.3 Å². The number of para-hydroxylation sites is 1. The van der Waals surface area contributed by atoms with Crippen LogP contribution in [0.25, 0.3) is 0 Å². The first-order chi connectivity index (χ1) is 9.85. The lowest BCUT2D eigenvalue weighted by atomic mass is 9.91. The molecule has 2 unspecified atom stereocenters. The van der Waals surface area contributed by atoms with Crippen LogP contribution in [0.5, 0.6) is 5.75 Å². The second-order valence-corrected chi connectivity index (χ2v) is 5.55. The maximum atomic E-state index is 5.32. The second-order valence-electron chi connectivity index (χ2n) is 5.55.